The van der Waals surface area contributed by atoms with Crippen LogP contribution in [0.2, 0.25) is 0 Å². The molecule has 1 aromatic rings. The molecule has 0 saturated heterocycles. The number of carboxylic acids is 1. The van der Waals surface area contributed by atoms with Gasteiger partial charge >= 0.3 is 11.7 Å². The molecular formula is C14H20N2O4. The Morgan fingerprint density at radius 3 is 2.70 bits per heavy atom. The minimum Gasteiger partial charge on any atom is -0.481 e. The van der Waals surface area contributed by atoms with Crippen LogP contribution >= 0.6 is 0 Å². The Labute approximate surface area is 117 Å². The zero-order valence-corrected chi connectivity index (χ0v) is 12.0. The van der Waals surface area contributed by atoms with Crippen molar-refractivity contribution in [3.05, 3.63) is 27.4 Å². The summed E-state index contributed by atoms with van der Waals surface area (Å²) in [6.07, 6.45) is 2.60. The van der Waals surface area contributed by atoms with Crippen LogP contribution in [0.1, 0.15) is 42.3 Å². The predicted octanol–water partition coefficient (Wildman–Crippen LogP) is 1.23. The van der Waals surface area contributed by atoms with Crippen molar-refractivity contribution in [1.82, 2.24) is 9.55 Å². The molecule has 1 heterocycles. The fourth-order valence-electron chi connectivity index (χ4n) is 3.02. The van der Waals surface area contributed by atoms with Gasteiger partial charge in [0.2, 0.25) is 0 Å². The van der Waals surface area contributed by atoms with E-state index in [0.29, 0.717) is 17.0 Å². The highest BCUT2D eigenvalue weighted by Crippen LogP contribution is 2.32. The normalized spacial score (nSPS) is 22.1. The van der Waals surface area contributed by atoms with Gasteiger partial charge in [-0.1, -0.05) is 0 Å². The Morgan fingerprint density at radius 1 is 1.45 bits per heavy atom. The van der Waals surface area contributed by atoms with Crippen LogP contribution in [0.15, 0.2) is 4.79 Å². The molecule has 0 bridgehead atoms. The molecule has 0 amide bonds. The first-order valence-corrected chi connectivity index (χ1v) is 6.77. The minimum atomic E-state index is -0.913. The summed E-state index contributed by atoms with van der Waals surface area (Å²) >= 11 is 0. The minimum absolute atomic E-state index is 0.0492. The van der Waals surface area contributed by atoms with Crippen molar-refractivity contribution >= 4 is 5.97 Å². The first kappa shape index (κ1) is 14.7. The molecule has 2 rings (SSSR count). The Kier molecular flexibility index (Phi) is 4.23. The topological polar surface area (TPSA) is 81.4 Å². The first-order chi connectivity index (χ1) is 9.43. The van der Waals surface area contributed by atoms with Gasteiger partial charge < -0.3 is 9.84 Å². The number of hydrogen-bond donors (Lipinski definition) is 1. The summed E-state index contributed by atoms with van der Waals surface area (Å²) in [7, 11) is 1.67. The van der Waals surface area contributed by atoms with Gasteiger partial charge in [-0.15, -0.1) is 0 Å². The maximum atomic E-state index is 12.1. The maximum Gasteiger partial charge on any atom is 0.348 e. The van der Waals surface area contributed by atoms with Crippen LogP contribution in [-0.2, 0) is 16.0 Å². The third kappa shape index (κ3) is 2.75. The summed E-state index contributed by atoms with van der Waals surface area (Å²) in [5, 5.41) is 8.99. The highest BCUT2D eigenvalue weighted by molar-refractivity contribution is 5.70. The number of methoxy groups -OCH3 is 1. The lowest BCUT2D eigenvalue weighted by Gasteiger charge is -2.20. The third-order valence-corrected chi connectivity index (χ3v) is 4.09. The number of rotatable bonds is 4. The molecule has 0 spiro atoms. The van der Waals surface area contributed by atoms with Crippen molar-refractivity contribution in [2.75, 3.05) is 7.11 Å². The van der Waals surface area contributed by atoms with Crippen molar-refractivity contribution in [1.29, 1.82) is 0 Å². The second-order valence-electron chi connectivity index (χ2n) is 5.31. The summed E-state index contributed by atoms with van der Waals surface area (Å²) < 4.78 is 6.97. The van der Waals surface area contributed by atoms with Gasteiger partial charge in [-0.2, -0.15) is 4.98 Å². The van der Waals surface area contributed by atoms with Crippen molar-refractivity contribution in [2.24, 2.45) is 0 Å². The fraction of sp³-hybridized carbons (Fsp3) is 0.643. The summed E-state index contributed by atoms with van der Waals surface area (Å²) in [5.74, 6) is -0.913. The number of carboxylic acid groups (broad SMARTS) is 1. The maximum absolute atomic E-state index is 12.1. The number of hydrogen-bond acceptors (Lipinski definition) is 4. The average Bonchev–Trinajstić information content (AvgIpc) is 2.82. The van der Waals surface area contributed by atoms with Gasteiger partial charge in [0.15, 0.2) is 0 Å². The summed E-state index contributed by atoms with van der Waals surface area (Å²) in [6.45, 7) is 3.48. The number of aryl methyl sites for hydroxylation is 1. The van der Waals surface area contributed by atoms with Crippen molar-refractivity contribution in [2.45, 2.75) is 51.7 Å². The van der Waals surface area contributed by atoms with Gasteiger partial charge in [-0.25, -0.2) is 4.79 Å². The van der Waals surface area contributed by atoms with Crippen molar-refractivity contribution in [3.8, 4) is 0 Å². The molecule has 1 saturated carbocycles. The Morgan fingerprint density at radius 2 is 2.15 bits per heavy atom. The van der Waals surface area contributed by atoms with Crippen LogP contribution < -0.4 is 5.69 Å². The fourth-order valence-corrected chi connectivity index (χ4v) is 3.02. The van der Waals surface area contributed by atoms with Gasteiger partial charge in [0.05, 0.1) is 12.5 Å². The molecule has 2 unspecified atom stereocenters. The molecule has 1 aliphatic rings. The van der Waals surface area contributed by atoms with E-state index in [4.69, 9.17) is 9.84 Å². The number of aromatic nitrogens is 2. The van der Waals surface area contributed by atoms with E-state index >= 15 is 0 Å². The highest BCUT2D eigenvalue weighted by atomic mass is 16.5. The van der Waals surface area contributed by atoms with E-state index in [-0.39, 0.29) is 24.3 Å². The first-order valence-electron chi connectivity index (χ1n) is 6.77. The van der Waals surface area contributed by atoms with Gasteiger partial charge in [0, 0.05) is 30.1 Å². The largest absolute Gasteiger partial charge is 0.481 e. The zero-order valence-electron chi connectivity index (χ0n) is 12.0. The molecule has 6 heteroatoms. The van der Waals surface area contributed by atoms with Crippen LogP contribution in [-0.4, -0.2) is 33.8 Å². The Balaban J connectivity index is 2.43. The zero-order chi connectivity index (χ0) is 14.9. The number of nitrogens with zero attached hydrogens (tertiary/aromatic N) is 2. The van der Waals surface area contributed by atoms with E-state index in [9.17, 15) is 9.59 Å². The van der Waals surface area contributed by atoms with Crippen molar-refractivity contribution in [3.63, 3.8) is 0 Å². The van der Waals surface area contributed by atoms with Crippen LogP contribution in [0.25, 0.3) is 0 Å². The second kappa shape index (κ2) is 5.75. The van der Waals surface area contributed by atoms with E-state index < -0.39 is 5.97 Å². The van der Waals surface area contributed by atoms with E-state index in [2.05, 4.69) is 4.98 Å². The lowest BCUT2D eigenvalue weighted by Crippen LogP contribution is -2.31. The van der Waals surface area contributed by atoms with Crippen molar-refractivity contribution < 1.29 is 14.6 Å². The standard InChI is InChI=1S/C14H20N2O4/c1-8-12(7-13(17)18)9(2)16(14(19)15-8)10-4-5-11(6-10)20-3/h10-11H,4-7H2,1-3H3,(H,17,18). The molecule has 2 atom stereocenters. The van der Waals surface area contributed by atoms with E-state index in [0.717, 1.165) is 19.3 Å². The molecule has 1 aliphatic carbocycles. The summed E-state index contributed by atoms with van der Waals surface area (Å²) in [5.41, 5.74) is 1.56. The predicted molar refractivity (Wildman–Crippen MR) is 73.0 cm³/mol. The highest BCUT2D eigenvalue weighted by Gasteiger charge is 2.28. The number of ether oxygens (including phenoxy) is 1. The lowest BCUT2D eigenvalue weighted by atomic mass is 10.1. The molecule has 20 heavy (non-hydrogen) atoms. The molecule has 0 aromatic carbocycles. The molecule has 1 fully saturated rings. The lowest BCUT2D eigenvalue weighted by molar-refractivity contribution is -0.136. The molecule has 1 aromatic heterocycles. The van der Waals surface area contributed by atoms with Crippen LogP contribution in [0.3, 0.4) is 0 Å². The smallest absolute Gasteiger partial charge is 0.348 e. The van der Waals surface area contributed by atoms with Gasteiger partial charge in [-0.3, -0.25) is 9.36 Å². The van der Waals surface area contributed by atoms with E-state index in [1.165, 1.54) is 0 Å². The molecular weight excluding hydrogens is 260 g/mol. The van der Waals surface area contributed by atoms with E-state index in [1.807, 2.05) is 0 Å². The van der Waals surface area contributed by atoms with Gasteiger partial charge in [-0.05, 0) is 33.1 Å². The Bertz CT molecular complexity index is 579. The van der Waals surface area contributed by atoms with Crippen LogP contribution in [0.5, 0.6) is 0 Å². The SMILES string of the molecule is COC1CCC(n2c(C)c(CC(=O)O)c(C)nc2=O)C1. The summed E-state index contributed by atoms with van der Waals surface area (Å²) in [6, 6.07) is 0.0492. The monoisotopic (exact) mass is 280 g/mol. The van der Waals surface area contributed by atoms with Gasteiger partial charge in [0.1, 0.15) is 0 Å². The Hall–Kier alpha value is -1.69. The molecule has 6 nitrogen and oxygen atoms in total. The molecule has 0 aliphatic heterocycles. The van der Waals surface area contributed by atoms with E-state index in [1.54, 1.807) is 25.5 Å². The summed E-state index contributed by atoms with van der Waals surface area (Å²) in [4.78, 5) is 27.1. The third-order valence-electron chi connectivity index (χ3n) is 4.09. The molecule has 110 valence electrons. The number of aliphatic carboxylic acids is 1. The quantitative estimate of drug-likeness (QED) is 0.897. The van der Waals surface area contributed by atoms with Gasteiger partial charge in [0.25, 0.3) is 0 Å². The second-order valence-corrected chi connectivity index (χ2v) is 5.31. The molecule has 0 radical (unpaired) electrons. The van der Waals surface area contributed by atoms with Crippen LogP contribution in [0.4, 0.5) is 0 Å². The molecule has 1 N–H and O–H groups in total. The number of carbonyl (C=O) groups is 1. The van der Waals surface area contributed by atoms with Crippen LogP contribution in [0, 0.1) is 13.8 Å². The average molecular weight is 280 g/mol.